The standard InChI is InChI=1S/C13H22N2O2/c1-3-12-10-13(16,7-9-17-12)6-4-11-5-8-14-15(11)2/h5,8,12,16H,3-4,6-7,9-10H2,1-2H3. The highest BCUT2D eigenvalue weighted by Gasteiger charge is 2.34. The number of ether oxygens (including phenoxy) is 1. The van der Waals surface area contributed by atoms with Crippen molar-refractivity contribution in [3.05, 3.63) is 18.0 Å². The van der Waals surface area contributed by atoms with Crippen molar-refractivity contribution < 1.29 is 9.84 Å². The molecule has 1 aliphatic heterocycles. The molecule has 0 bridgehead atoms. The van der Waals surface area contributed by atoms with Gasteiger partial charge in [-0.25, -0.2) is 0 Å². The van der Waals surface area contributed by atoms with E-state index in [4.69, 9.17) is 4.74 Å². The van der Waals surface area contributed by atoms with Crippen molar-refractivity contribution in [3.8, 4) is 0 Å². The highest BCUT2D eigenvalue weighted by atomic mass is 16.5. The lowest BCUT2D eigenvalue weighted by atomic mass is 9.85. The number of aliphatic hydroxyl groups is 1. The fourth-order valence-corrected chi connectivity index (χ4v) is 2.50. The summed E-state index contributed by atoms with van der Waals surface area (Å²) in [7, 11) is 1.94. The first kappa shape index (κ1) is 12.6. The van der Waals surface area contributed by atoms with E-state index in [1.54, 1.807) is 6.20 Å². The Balaban J connectivity index is 1.91. The van der Waals surface area contributed by atoms with Gasteiger partial charge in [-0.3, -0.25) is 4.68 Å². The van der Waals surface area contributed by atoms with Gasteiger partial charge in [0.25, 0.3) is 0 Å². The number of nitrogens with zero attached hydrogens (tertiary/aromatic N) is 2. The van der Waals surface area contributed by atoms with Crippen LogP contribution in [-0.4, -0.2) is 33.2 Å². The van der Waals surface area contributed by atoms with Crippen LogP contribution in [0.5, 0.6) is 0 Å². The van der Waals surface area contributed by atoms with E-state index in [0.717, 1.165) is 32.1 Å². The molecule has 2 atom stereocenters. The highest BCUT2D eigenvalue weighted by molar-refractivity contribution is 5.01. The maximum Gasteiger partial charge on any atom is 0.0698 e. The number of rotatable bonds is 4. The van der Waals surface area contributed by atoms with Gasteiger partial charge in [0.2, 0.25) is 0 Å². The molecule has 0 saturated carbocycles. The van der Waals surface area contributed by atoms with Crippen LogP contribution < -0.4 is 0 Å². The van der Waals surface area contributed by atoms with E-state index in [-0.39, 0.29) is 6.10 Å². The minimum atomic E-state index is -0.552. The fourth-order valence-electron chi connectivity index (χ4n) is 2.50. The molecule has 2 unspecified atom stereocenters. The summed E-state index contributed by atoms with van der Waals surface area (Å²) < 4.78 is 7.48. The summed E-state index contributed by atoms with van der Waals surface area (Å²) in [5, 5.41) is 14.7. The SMILES string of the molecule is CCC1CC(O)(CCc2ccnn2C)CCO1. The summed E-state index contributed by atoms with van der Waals surface area (Å²) in [5.74, 6) is 0. The summed E-state index contributed by atoms with van der Waals surface area (Å²) in [6.07, 6.45) is 6.20. The summed E-state index contributed by atoms with van der Waals surface area (Å²) in [6, 6.07) is 2.01. The number of aryl methyl sites for hydroxylation is 2. The second-order valence-corrected chi connectivity index (χ2v) is 5.03. The Morgan fingerprint density at radius 2 is 2.47 bits per heavy atom. The maximum atomic E-state index is 10.6. The average Bonchev–Trinajstić information content (AvgIpc) is 2.72. The van der Waals surface area contributed by atoms with Crippen LogP contribution in [0.25, 0.3) is 0 Å². The van der Waals surface area contributed by atoms with Crippen molar-refractivity contribution in [2.75, 3.05) is 6.61 Å². The fraction of sp³-hybridized carbons (Fsp3) is 0.769. The molecular formula is C13H22N2O2. The van der Waals surface area contributed by atoms with Crippen molar-refractivity contribution in [2.24, 2.45) is 7.05 Å². The average molecular weight is 238 g/mol. The Morgan fingerprint density at radius 1 is 1.65 bits per heavy atom. The van der Waals surface area contributed by atoms with Crippen LogP contribution in [0.3, 0.4) is 0 Å². The molecule has 0 aliphatic carbocycles. The summed E-state index contributed by atoms with van der Waals surface area (Å²) in [4.78, 5) is 0. The molecule has 0 amide bonds. The van der Waals surface area contributed by atoms with Gasteiger partial charge in [0, 0.05) is 32.0 Å². The molecule has 1 saturated heterocycles. The predicted octanol–water partition coefficient (Wildman–Crippen LogP) is 1.67. The van der Waals surface area contributed by atoms with Crippen LogP contribution in [0.2, 0.25) is 0 Å². The first-order valence-corrected chi connectivity index (χ1v) is 6.44. The number of aromatic nitrogens is 2. The molecule has 2 heterocycles. The topological polar surface area (TPSA) is 47.3 Å². The molecule has 96 valence electrons. The molecule has 0 aromatic carbocycles. The summed E-state index contributed by atoms with van der Waals surface area (Å²) in [6.45, 7) is 2.79. The number of hydrogen-bond donors (Lipinski definition) is 1. The first-order valence-electron chi connectivity index (χ1n) is 6.44. The normalized spacial score (nSPS) is 29.5. The second-order valence-electron chi connectivity index (χ2n) is 5.03. The minimum absolute atomic E-state index is 0.222. The van der Waals surface area contributed by atoms with Gasteiger partial charge < -0.3 is 9.84 Å². The van der Waals surface area contributed by atoms with Gasteiger partial charge in [-0.2, -0.15) is 5.10 Å². The molecule has 1 aromatic rings. The lowest BCUT2D eigenvalue weighted by Crippen LogP contribution is -2.41. The third-order valence-corrected chi connectivity index (χ3v) is 3.75. The Bertz CT molecular complexity index is 364. The predicted molar refractivity (Wildman–Crippen MR) is 65.7 cm³/mol. The molecule has 4 nitrogen and oxygen atoms in total. The molecule has 17 heavy (non-hydrogen) atoms. The van der Waals surface area contributed by atoms with Crippen molar-refractivity contribution in [2.45, 2.75) is 50.7 Å². The van der Waals surface area contributed by atoms with Crippen molar-refractivity contribution in [1.82, 2.24) is 9.78 Å². The molecule has 4 heteroatoms. The van der Waals surface area contributed by atoms with E-state index in [1.807, 2.05) is 17.8 Å². The third-order valence-electron chi connectivity index (χ3n) is 3.75. The molecule has 0 radical (unpaired) electrons. The van der Waals surface area contributed by atoms with Crippen LogP contribution in [0, 0.1) is 0 Å². The lowest BCUT2D eigenvalue weighted by molar-refractivity contribution is -0.107. The second kappa shape index (κ2) is 5.19. The zero-order valence-electron chi connectivity index (χ0n) is 10.7. The largest absolute Gasteiger partial charge is 0.390 e. The smallest absolute Gasteiger partial charge is 0.0698 e. The highest BCUT2D eigenvalue weighted by Crippen LogP contribution is 2.30. The van der Waals surface area contributed by atoms with E-state index in [1.165, 1.54) is 5.69 Å². The van der Waals surface area contributed by atoms with Gasteiger partial charge >= 0.3 is 0 Å². The third kappa shape index (κ3) is 3.07. The molecule has 1 N–H and O–H groups in total. The van der Waals surface area contributed by atoms with Crippen molar-refractivity contribution >= 4 is 0 Å². The Hall–Kier alpha value is -0.870. The van der Waals surface area contributed by atoms with Crippen molar-refractivity contribution in [3.63, 3.8) is 0 Å². The van der Waals surface area contributed by atoms with E-state index in [2.05, 4.69) is 12.0 Å². The van der Waals surface area contributed by atoms with E-state index >= 15 is 0 Å². The molecule has 1 fully saturated rings. The molecule has 1 aliphatic rings. The van der Waals surface area contributed by atoms with Crippen LogP contribution in [-0.2, 0) is 18.2 Å². The monoisotopic (exact) mass is 238 g/mol. The zero-order valence-corrected chi connectivity index (χ0v) is 10.7. The van der Waals surface area contributed by atoms with Gasteiger partial charge in [-0.05, 0) is 31.7 Å². The van der Waals surface area contributed by atoms with Crippen molar-refractivity contribution in [1.29, 1.82) is 0 Å². The van der Waals surface area contributed by atoms with Crippen LogP contribution >= 0.6 is 0 Å². The van der Waals surface area contributed by atoms with Crippen LogP contribution in [0.1, 0.15) is 38.3 Å². The lowest BCUT2D eigenvalue weighted by Gasteiger charge is -2.36. The van der Waals surface area contributed by atoms with E-state index in [0.29, 0.717) is 6.61 Å². The van der Waals surface area contributed by atoms with Gasteiger partial charge in [-0.1, -0.05) is 6.92 Å². The zero-order chi connectivity index (χ0) is 12.3. The first-order chi connectivity index (χ1) is 8.13. The van der Waals surface area contributed by atoms with E-state index < -0.39 is 5.60 Å². The molecule has 0 spiro atoms. The van der Waals surface area contributed by atoms with Gasteiger partial charge in [-0.15, -0.1) is 0 Å². The van der Waals surface area contributed by atoms with Crippen LogP contribution in [0.15, 0.2) is 12.3 Å². The molecule has 2 rings (SSSR count). The Morgan fingerprint density at radius 3 is 3.12 bits per heavy atom. The van der Waals surface area contributed by atoms with Gasteiger partial charge in [0.15, 0.2) is 0 Å². The summed E-state index contributed by atoms with van der Waals surface area (Å²) >= 11 is 0. The maximum absolute atomic E-state index is 10.6. The van der Waals surface area contributed by atoms with Gasteiger partial charge in [0.05, 0.1) is 11.7 Å². The quantitative estimate of drug-likeness (QED) is 0.868. The van der Waals surface area contributed by atoms with E-state index in [9.17, 15) is 5.11 Å². The van der Waals surface area contributed by atoms with Crippen LogP contribution in [0.4, 0.5) is 0 Å². The minimum Gasteiger partial charge on any atom is -0.390 e. The number of hydrogen-bond acceptors (Lipinski definition) is 3. The Kier molecular flexibility index (Phi) is 3.84. The summed E-state index contributed by atoms with van der Waals surface area (Å²) in [5.41, 5.74) is 0.626. The van der Waals surface area contributed by atoms with Gasteiger partial charge in [0.1, 0.15) is 0 Å². The molecular weight excluding hydrogens is 216 g/mol. The Labute approximate surface area is 103 Å². The molecule has 1 aromatic heterocycles.